The highest BCUT2D eigenvalue weighted by Gasteiger charge is 2.73. The minimum Gasteiger partial charge on any atom is -0.349 e. The summed E-state index contributed by atoms with van der Waals surface area (Å²) in [6.07, 6.45) is -12.9. The number of halogens is 9. The average molecular weight is 716 g/mol. The number of amides is 1. The van der Waals surface area contributed by atoms with Crippen molar-refractivity contribution in [2.45, 2.75) is 47.0 Å². The Morgan fingerprint density at radius 3 is 1.88 bits per heavy atom. The van der Waals surface area contributed by atoms with Crippen LogP contribution in [0.1, 0.15) is 28.7 Å². The second-order valence-electron chi connectivity index (χ2n) is 11.4. The van der Waals surface area contributed by atoms with Gasteiger partial charge in [-0.25, -0.2) is 21.6 Å². The van der Waals surface area contributed by atoms with Crippen LogP contribution >= 0.6 is 0 Å². The van der Waals surface area contributed by atoms with Crippen LogP contribution in [0.2, 0.25) is 0 Å². The van der Waals surface area contributed by atoms with E-state index in [2.05, 4.69) is 4.74 Å². The lowest BCUT2D eigenvalue weighted by molar-refractivity contribution is -0.392. The van der Waals surface area contributed by atoms with Crippen LogP contribution in [0.3, 0.4) is 0 Å². The van der Waals surface area contributed by atoms with E-state index in [1.807, 2.05) is 0 Å². The molecule has 49 heavy (non-hydrogen) atoms. The molecule has 1 amide bonds. The smallest absolute Gasteiger partial charge is 0.349 e. The summed E-state index contributed by atoms with van der Waals surface area (Å²) in [6.45, 7) is -2.43. The highest BCUT2D eigenvalue weighted by atomic mass is 32.2. The zero-order valence-electron chi connectivity index (χ0n) is 25.2. The molecule has 0 aliphatic carbocycles. The fraction of sp³-hybridized carbons (Fsp3) is 0.265. The zero-order chi connectivity index (χ0) is 35.8. The quantitative estimate of drug-likeness (QED) is 0.131. The predicted molar refractivity (Wildman–Crippen MR) is 158 cm³/mol. The molecule has 260 valence electrons. The highest BCUT2D eigenvalue weighted by molar-refractivity contribution is 7.92. The third-order valence-electron chi connectivity index (χ3n) is 8.53. The monoisotopic (exact) mass is 715 g/mol. The van der Waals surface area contributed by atoms with Crippen molar-refractivity contribution < 1.29 is 57.5 Å². The minimum atomic E-state index is -6.22. The molecule has 0 radical (unpaired) electrons. The van der Waals surface area contributed by atoms with E-state index < -0.39 is 85.1 Å². The fourth-order valence-corrected chi connectivity index (χ4v) is 8.00. The number of ether oxygens (including phenoxy) is 1. The van der Waals surface area contributed by atoms with Gasteiger partial charge in [0.2, 0.25) is 5.91 Å². The SMILES string of the molecule is O=C(Cc1ccccc1)N1CCC(c2ccc(C(OCc3c(F)cccc3F)(C(F)(F)F)C(F)(F)F)cc2)(S(=O)(=O)c2ccc(F)cc2)C1. The molecule has 4 aromatic carbocycles. The Morgan fingerprint density at radius 2 is 1.33 bits per heavy atom. The standard InChI is InChI=1S/C34H26F9NO4S/c35-25-13-15-26(16-14-25)49(46,47)31(17-18-44(21-31)30(45)19-22-5-2-1-3-6-22)23-9-11-24(12-10-23)32(33(38,39)40,34(41,42)43)48-20-27-28(36)7-4-8-29(27)37/h1-16H,17-21H2. The van der Waals surface area contributed by atoms with Crippen molar-refractivity contribution in [3.8, 4) is 0 Å². The van der Waals surface area contributed by atoms with Gasteiger partial charge in [-0.15, -0.1) is 0 Å². The summed E-state index contributed by atoms with van der Waals surface area (Å²) in [5.74, 6) is -4.13. The summed E-state index contributed by atoms with van der Waals surface area (Å²) in [6, 6.07) is 16.5. The number of benzene rings is 4. The number of hydrogen-bond donors (Lipinski definition) is 0. The van der Waals surface area contributed by atoms with Crippen molar-refractivity contribution in [1.29, 1.82) is 0 Å². The first-order valence-electron chi connectivity index (χ1n) is 14.6. The van der Waals surface area contributed by atoms with Gasteiger partial charge in [0, 0.05) is 24.2 Å². The fourth-order valence-electron chi connectivity index (χ4n) is 5.92. The Hall–Kier alpha value is -4.37. The molecular weight excluding hydrogens is 689 g/mol. The van der Waals surface area contributed by atoms with E-state index in [4.69, 9.17) is 0 Å². The van der Waals surface area contributed by atoms with Crippen molar-refractivity contribution in [2.24, 2.45) is 0 Å². The number of carbonyl (C=O) groups is 1. The van der Waals surface area contributed by atoms with Crippen LogP contribution < -0.4 is 0 Å². The van der Waals surface area contributed by atoms with Crippen LogP contribution in [0.4, 0.5) is 39.5 Å². The summed E-state index contributed by atoms with van der Waals surface area (Å²) in [7, 11) is -4.59. The normalized spacial score (nSPS) is 17.4. The van der Waals surface area contributed by atoms with Gasteiger partial charge in [0.05, 0.1) is 17.9 Å². The Bertz CT molecular complexity index is 1880. The van der Waals surface area contributed by atoms with E-state index in [9.17, 15) is 52.7 Å². The first-order valence-corrected chi connectivity index (χ1v) is 16.0. The minimum absolute atomic E-state index is 0.119. The second kappa shape index (κ2) is 13.2. The third kappa shape index (κ3) is 6.53. The van der Waals surface area contributed by atoms with Gasteiger partial charge in [-0.3, -0.25) is 4.79 Å². The number of carbonyl (C=O) groups excluding carboxylic acids is 1. The molecule has 1 heterocycles. The number of rotatable bonds is 9. The van der Waals surface area contributed by atoms with Gasteiger partial charge in [-0.1, -0.05) is 60.7 Å². The molecule has 1 fully saturated rings. The van der Waals surface area contributed by atoms with Crippen LogP contribution in [0.25, 0.3) is 0 Å². The Kier molecular flexibility index (Phi) is 9.65. The molecule has 4 aromatic rings. The van der Waals surface area contributed by atoms with Crippen molar-refractivity contribution in [3.05, 3.63) is 137 Å². The summed E-state index contributed by atoms with van der Waals surface area (Å²) >= 11 is 0. The van der Waals surface area contributed by atoms with Gasteiger partial charge in [0.1, 0.15) is 22.2 Å². The lowest BCUT2D eigenvalue weighted by atomic mass is 9.88. The van der Waals surface area contributed by atoms with Gasteiger partial charge < -0.3 is 9.64 Å². The average Bonchev–Trinajstić information content (AvgIpc) is 3.50. The van der Waals surface area contributed by atoms with E-state index in [-0.39, 0.29) is 24.9 Å². The van der Waals surface area contributed by atoms with Crippen molar-refractivity contribution in [3.63, 3.8) is 0 Å². The van der Waals surface area contributed by atoms with Crippen LogP contribution in [0.5, 0.6) is 0 Å². The Morgan fingerprint density at radius 1 is 0.755 bits per heavy atom. The summed E-state index contributed by atoms with van der Waals surface area (Å²) in [5.41, 5.74) is -7.45. The number of hydrogen-bond acceptors (Lipinski definition) is 4. The van der Waals surface area contributed by atoms with Crippen LogP contribution in [-0.4, -0.2) is 44.7 Å². The maximum Gasteiger partial charge on any atom is 0.430 e. The number of sulfone groups is 1. The maximum atomic E-state index is 14.5. The molecule has 0 saturated carbocycles. The van der Waals surface area contributed by atoms with Crippen molar-refractivity contribution >= 4 is 15.7 Å². The molecule has 1 saturated heterocycles. The van der Waals surface area contributed by atoms with Gasteiger partial charge in [0.15, 0.2) is 9.84 Å². The molecule has 0 aromatic heterocycles. The number of likely N-dealkylation sites (tertiary alicyclic amines) is 1. The first kappa shape index (κ1) is 35.9. The van der Waals surface area contributed by atoms with Crippen LogP contribution in [-0.2, 0) is 42.7 Å². The molecule has 0 spiro atoms. The number of nitrogens with zero attached hydrogens (tertiary/aromatic N) is 1. The topological polar surface area (TPSA) is 63.7 Å². The lowest BCUT2D eigenvalue weighted by Gasteiger charge is -2.38. The molecule has 0 N–H and O–H groups in total. The molecule has 5 rings (SSSR count). The lowest BCUT2D eigenvalue weighted by Crippen LogP contribution is -2.56. The van der Waals surface area contributed by atoms with E-state index in [1.54, 1.807) is 30.3 Å². The number of alkyl halides is 6. The zero-order valence-corrected chi connectivity index (χ0v) is 26.0. The molecule has 15 heteroatoms. The van der Waals surface area contributed by atoms with E-state index in [0.29, 0.717) is 29.8 Å². The van der Waals surface area contributed by atoms with Gasteiger partial charge in [-0.05, 0) is 53.9 Å². The largest absolute Gasteiger partial charge is 0.430 e. The van der Waals surface area contributed by atoms with E-state index >= 15 is 0 Å². The van der Waals surface area contributed by atoms with Crippen LogP contribution in [0, 0.1) is 17.5 Å². The molecule has 0 bridgehead atoms. The van der Waals surface area contributed by atoms with E-state index in [0.717, 1.165) is 42.5 Å². The molecule has 1 unspecified atom stereocenters. The molecule has 1 aliphatic heterocycles. The predicted octanol–water partition coefficient (Wildman–Crippen LogP) is 7.78. The van der Waals surface area contributed by atoms with Crippen molar-refractivity contribution in [1.82, 2.24) is 4.90 Å². The Balaban J connectivity index is 1.59. The maximum absolute atomic E-state index is 14.5. The molecule has 1 atom stereocenters. The molecule has 5 nitrogen and oxygen atoms in total. The summed E-state index contributed by atoms with van der Waals surface area (Å²) in [5, 5.41) is 0. The van der Waals surface area contributed by atoms with Gasteiger partial charge >= 0.3 is 12.4 Å². The molecular formula is C34H26F9NO4S. The van der Waals surface area contributed by atoms with E-state index in [1.165, 1.54) is 4.90 Å². The first-order chi connectivity index (χ1) is 22.9. The summed E-state index contributed by atoms with van der Waals surface area (Å²) in [4.78, 5) is 14.1. The third-order valence-corrected chi connectivity index (χ3v) is 11.0. The summed E-state index contributed by atoms with van der Waals surface area (Å²) < 4.78 is 160. The van der Waals surface area contributed by atoms with Crippen LogP contribution in [0.15, 0.2) is 102 Å². The Labute approximate surface area is 274 Å². The second-order valence-corrected chi connectivity index (χ2v) is 13.7. The van der Waals surface area contributed by atoms with Gasteiger partial charge in [0.25, 0.3) is 5.60 Å². The van der Waals surface area contributed by atoms with Gasteiger partial charge in [-0.2, -0.15) is 26.3 Å². The van der Waals surface area contributed by atoms with Crippen molar-refractivity contribution in [2.75, 3.05) is 13.1 Å². The molecule has 1 aliphatic rings. The highest BCUT2D eigenvalue weighted by Crippen LogP contribution is 2.54.